The largest absolute Gasteiger partial charge is 0.359 e. The summed E-state index contributed by atoms with van der Waals surface area (Å²) in [5, 5.41) is 0. The van der Waals surface area contributed by atoms with Crippen molar-refractivity contribution in [3.63, 3.8) is 0 Å². The molecule has 1 unspecified atom stereocenters. The minimum absolute atomic E-state index is 0.122. The van der Waals surface area contributed by atoms with Gasteiger partial charge < -0.3 is 9.47 Å². The summed E-state index contributed by atoms with van der Waals surface area (Å²) in [7, 11) is 0.266. The Morgan fingerprint density at radius 3 is 2.47 bits per heavy atom. The zero-order valence-corrected chi connectivity index (χ0v) is 12.5. The van der Waals surface area contributed by atoms with Crippen LogP contribution in [0.25, 0.3) is 0 Å². The second-order valence-electron chi connectivity index (χ2n) is 4.30. The quantitative estimate of drug-likeness (QED) is 0.440. The summed E-state index contributed by atoms with van der Waals surface area (Å²) in [5.74, 6) is 3.14. The van der Waals surface area contributed by atoms with Gasteiger partial charge in [-0.3, -0.25) is 0 Å². The number of methoxy groups -OCH3 is 1. The number of hydrogen-bond donors (Lipinski definition) is 0. The van der Waals surface area contributed by atoms with E-state index in [-0.39, 0.29) is 12.9 Å². The zero-order chi connectivity index (χ0) is 11.9. The van der Waals surface area contributed by atoms with E-state index in [0.717, 1.165) is 4.48 Å². The smallest absolute Gasteiger partial charge is 0.148 e. The zero-order valence-electron chi connectivity index (χ0n) is 9.89. The van der Waals surface area contributed by atoms with E-state index in [1.54, 1.807) is 7.11 Å². The highest BCUT2D eigenvalue weighted by Crippen LogP contribution is 2.12. The van der Waals surface area contributed by atoms with Gasteiger partial charge in [0, 0.05) is 13.5 Å². The van der Waals surface area contributed by atoms with Crippen LogP contribution in [-0.2, 0) is 9.47 Å². The van der Waals surface area contributed by atoms with Gasteiger partial charge in [-0.05, 0) is 4.48 Å². The molecule has 0 aliphatic rings. The van der Waals surface area contributed by atoms with Gasteiger partial charge in [0.25, 0.3) is 0 Å². The molecule has 86 valence electrons. The predicted octanol–water partition coefficient (Wildman–Crippen LogP) is 3.16. The Balaban J connectivity index is 4.33. The Labute approximate surface area is 102 Å². The van der Waals surface area contributed by atoms with E-state index in [9.17, 15) is 0 Å². The molecule has 15 heavy (non-hydrogen) atoms. The monoisotopic (exact) mass is 290 g/mol. The van der Waals surface area contributed by atoms with Gasteiger partial charge in [0.05, 0.1) is 0 Å². The Bertz CT molecular complexity index is 260. The fourth-order valence-corrected chi connectivity index (χ4v) is 1.69. The summed E-state index contributed by atoms with van der Waals surface area (Å²) in [4.78, 5) is 0. The fourth-order valence-electron chi connectivity index (χ4n) is 0.800. The molecule has 0 saturated heterocycles. The number of halogens is 1. The highest BCUT2D eigenvalue weighted by molar-refractivity contribution is 9.11. The van der Waals surface area contributed by atoms with Crippen molar-refractivity contribution in [3.8, 4) is 11.5 Å². The summed E-state index contributed by atoms with van der Waals surface area (Å²) in [6.45, 7) is 10.7. The Morgan fingerprint density at radius 2 is 2.07 bits per heavy atom. The third kappa shape index (κ3) is 10.2. The maximum atomic E-state index is 5.43. The fraction of sp³-hybridized carbons (Fsp3) is 0.636. The number of ether oxygens (including phenoxy) is 2. The van der Waals surface area contributed by atoms with Crippen molar-refractivity contribution in [2.45, 2.75) is 32.2 Å². The van der Waals surface area contributed by atoms with Crippen molar-refractivity contribution >= 4 is 24.0 Å². The van der Waals surface area contributed by atoms with Crippen LogP contribution in [0.2, 0.25) is 19.6 Å². The molecule has 0 saturated carbocycles. The summed E-state index contributed by atoms with van der Waals surface area (Å²) in [6, 6.07) is 0. The molecule has 0 fully saturated rings. The molecule has 0 aromatic rings. The first-order valence-electron chi connectivity index (χ1n) is 4.81. The standard InChI is InChI=1S/C11H19BrO2Si/c1-10(12)8-11(14-9-13-2)6-7-15(3,4)5/h11H,1,8-9H2,2-5H3. The van der Waals surface area contributed by atoms with Crippen molar-refractivity contribution in [1.82, 2.24) is 0 Å². The first-order chi connectivity index (χ1) is 6.85. The van der Waals surface area contributed by atoms with Gasteiger partial charge in [-0.25, -0.2) is 0 Å². The van der Waals surface area contributed by atoms with Gasteiger partial charge in [-0.15, -0.1) is 5.54 Å². The molecule has 0 amide bonds. The predicted molar refractivity (Wildman–Crippen MR) is 70.6 cm³/mol. The molecule has 0 N–H and O–H groups in total. The lowest BCUT2D eigenvalue weighted by atomic mass is 10.3. The van der Waals surface area contributed by atoms with Crippen LogP contribution in [0.15, 0.2) is 11.1 Å². The molecule has 0 radical (unpaired) electrons. The van der Waals surface area contributed by atoms with Crippen molar-refractivity contribution < 1.29 is 9.47 Å². The molecule has 4 heteroatoms. The van der Waals surface area contributed by atoms with Crippen LogP contribution >= 0.6 is 15.9 Å². The van der Waals surface area contributed by atoms with Crippen molar-refractivity contribution in [1.29, 1.82) is 0 Å². The SMILES string of the molecule is C=C(Br)CC(C#C[Si](C)(C)C)OCOC. The number of hydrogen-bond acceptors (Lipinski definition) is 2. The summed E-state index contributed by atoms with van der Waals surface area (Å²) >= 11 is 3.32. The second-order valence-corrected chi connectivity index (χ2v) is 10.2. The Hall–Kier alpha value is -0.0831. The normalized spacial score (nSPS) is 12.9. The van der Waals surface area contributed by atoms with Crippen LogP contribution in [0.4, 0.5) is 0 Å². The van der Waals surface area contributed by atoms with Gasteiger partial charge >= 0.3 is 0 Å². The Morgan fingerprint density at radius 1 is 1.47 bits per heavy atom. The van der Waals surface area contributed by atoms with Gasteiger partial charge in [-0.2, -0.15) is 0 Å². The summed E-state index contributed by atoms with van der Waals surface area (Å²) in [6.07, 6.45) is 0.574. The van der Waals surface area contributed by atoms with E-state index >= 15 is 0 Å². The highest BCUT2D eigenvalue weighted by atomic mass is 79.9. The van der Waals surface area contributed by atoms with Gasteiger partial charge in [0.2, 0.25) is 0 Å². The van der Waals surface area contributed by atoms with Crippen molar-refractivity contribution in [2.75, 3.05) is 13.9 Å². The average molecular weight is 291 g/mol. The van der Waals surface area contributed by atoms with E-state index in [2.05, 4.69) is 53.6 Å². The third-order valence-corrected chi connectivity index (χ3v) is 2.62. The maximum absolute atomic E-state index is 5.43. The van der Waals surface area contributed by atoms with Crippen LogP contribution < -0.4 is 0 Å². The van der Waals surface area contributed by atoms with E-state index < -0.39 is 8.07 Å². The molecule has 1 atom stereocenters. The minimum Gasteiger partial charge on any atom is -0.359 e. The molecule has 0 rings (SSSR count). The average Bonchev–Trinajstić information content (AvgIpc) is 2.07. The van der Waals surface area contributed by atoms with Crippen molar-refractivity contribution in [3.05, 3.63) is 11.1 Å². The van der Waals surface area contributed by atoms with E-state index in [1.165, 1.54) is 0 Å². The topological polar surface area (TPSA) is 18.5 Å². The molecule has 0 aromatic heterocycles. The minimum atomic E-state index is -1.34. The molecule has 0 heterocycles. The van der Waals surface area contributed by atoms with Gasteiger partial charge in [0.15, 0.2) is 0 Å². The molecular weight excluding hydrogens is 272 g/mol. The molecule has 0 aliphatic heterocycles. The first kappa shape index (κ1) is 14.9. The first-order valence-corrected chi connectivity index (χ1v) is 9.11. The van der Waals surface area contributed by atoms with Crippen LogP contribution in [0.5, 0.6) is 0 Å². The maximum Gasteiger partial charge on any atom is 0.148 e. The van der Waals surface area contributed by atoms with E-state index in [1.807, 2.05) is 0 Å². The molecule has 0 aliphatic carbocycles. The van der Waals surface area contributed by atoms with Gasteiger partial charge in [0.1, 0.15) is 21.0 Å². The summed E-state index contributed by atoms with van der Waals surface area (Å²) in [5.41, 5.74) is 3.28. The third-order valence-electron chi connectivity index (χ3n) is 1.40. The van der Waals surface area contributed by atoms with Crippen LogP contribution in [0.1, 0.15) is 6.42 Å². The molecule has 0 spiro atoms. The van der Waals surface area contributed by atoms with Crippen LogP contribution in [0.3, 0.4) is 0 Å². The lowest BCUT2D eigenvalue weighted by Gasteiger charge is -2.12. The summed E-state index contributed by atoms with van der Waals surface area (Å²) < 4.78 is 11.2. The van der Waals surface area contributed by atoms with E-state index in [4.69, 9.17) is 9.47 Å². The van der Waals surface area contributed by atoms with E-state index in [0.29, 0.717) is 6.42 Å². The molecule has 0 aromatic carbocycles. The Kier molecular flexibility index (Phi) is 7.19. The van der Waals surface area contributed by atoms with Crippen LogP contribution in [-0.4, -0.2) is 28.1 Å². The lowest BCUT2D eigenvalue weighted by Crippen LogP contribution is -2.19. The highest BCUT2D eigenvalue weighted by Gasteiger charge is 2.11. The van der Waals surface area contributed by atoms with Crippen LogP contribution in [0, 0.1) is 11.5 Å². The molecular formula is C11H19BrO2Si. The molecule has 0 bridgehead atoms. The molecule has 2 nitrogen and oxygen atoms in total. The lowest BCUT2D eigenvalue weighted by molar-refractivity contribution is -0.0512. The second kappa shape index (κ2) is 7.23. The van der Waals surface area contributed by atoms with Crippen molar-refractivity contribution in [2.24, 2.45) is 0 Å². The van der Waals surface area contributed by atoms with Gasteiger partial charge in [-0.1, -0.05) is 48.1 Å². The number of rotatable bonds is 5.